The first-order chi connectivity index (χ1) is 13.4. The van der Waals surface area contributed by atoms with E-state index >= 15 is 0 Å². The van der Waals surface area contributed by atoms with Crippen LogP contribution in [-0.4, -0.2) is 43.0 Å². The van der Waals surface area contributed by atoms with Gasteiger partial charge in [-0.1, -0.05) is 0 Å². The van der Waals surface area contributed by atoms with E-state index in [0.717, 1.165) is 58.3 Å². The molecule has 3 heterocycles. The number of likely N-dealkylation sites (N-methyl/N-ethyl adjacent to an activating group) is 1. The van der Waals surface area contributed by atoms with Crippen molar-refractivity contribution in [2.24, 2.45) is 0 Å². The summed E-state index contributed by atoms with van der Waals surface area (Å²) in [5, 5.41) is 6.04. The number of anilines is 1. The summed E-state index contributed by atoms with van der Waals surface area (Å²) >= 11 is 1.63. The number of nitrogens with one attached hydrogen (secondary N) is 2. The Morgan fingerprint density at radius 2 is 2.14 bits per heavy atom. The van der Waals surface area contributed by atoms with Crippen molar-refractivity contribution in [3.8, 4) is 11.3 Å². The monoisotopic (exact) mass is 399 g/mol. The number of hydrogen-bond acceptors (Lipinski definition) is 4. The minimum absolute atomic E-state index is 0.0659. The SMILES string of the molecule is CC(C)NC(=O)C[NH+](C)Cc1nc(-c2cc3c4c(c2)CC(=O)N4CCC3)cs1. The van der Waals surface area contributed by atoms with Gasteiger partial charge < -0.3 is 15.1 Å². The van der Waals surface area contributed by atoms with Crippen LogP contribution in [0.2, 0.25) is 0 Å². The summed E-state index contributed by atoms with van der Waals surface area (Å²) in [6.45, 7) is 5.95. The van der Waals surface area contributed by atoms with Crippen LogP contribution < -0.4 is 15.1 Å². The number of quaternary nitrogens is 1. The maximum absolute atomic E-state index is 12.3. The van der Waals surface area contributed by atoms with Gasteiger partial charge >= 0.3 is 0 Å². The summed E-state index contributed by atoms with van der Waals surface area (Å²) in [6.07, 6.45) is 2.55. The molecule has 0 saturated heterocycles. The molecule has 4 rings (SSSR count). The van der Waals surface area contributed by atoms with Crippen molar-refractivity contribution in [1.29, 1.82) is 0 Å². The Kier molecular flexibility index (Phi) is 5.21. The van der Waals surface area contributed by atoms with Gasteiger partial charge in [-0.15, -0.1) is 11.3 Å². The number of aromatic nitrogens is 1. The van der Waals surface area contributed by atoms with Crippen molar-refractivity contribution in [2.75, 3.05) is 25.0 Å². The highest BCUT2D eigenvalue weighted by Gasteiger charge is 2.32. The molecule has 2 aromatic rings. The topological polar surface area (TPSA) is 66.7 Å². The van der Waals surface area contributed by atoms with Crippen LogP contribution in [0, 0.1) is 0 Å². The minimum atomic E-state index is 0.0659. The van der Waals surface area contributed by atoms with Crippen LogP contribution in [0.25, 0.3) is 11.3 Å². The number of rotatable bonds is 6. The van der Waals surface area contributed by atoms with E-state index in [1.807, 2.05) is 25.8 Å². The van der Waals surface area contributed by atoms with Gasteiger partial charge in [0.05, 0.1) is 24.8 Å². The lowest BCUT2D eigenvalue weighted by Gasteiger charge is -2.25. The molecule has 1 atom stereocenters. The van der Waals surface area contributed by atoms with E-state index in [-0.39, 0.29) is 17.9 Å². The minimum Gasteiger partial charge on any atom is -0.349 e. The average molecular weight is 400 g/mol. The number of benzene rings is 1. The highest BCUT2D eigenvalue weighted by molar-refractivity contribution is 7.09. The molecule has 0 aliphatic carbocycles. The lowest BCUT2D eigenvalue weighted by Crippen LogP contribution is -3.09. The van der Waals surface area contributed by atoms with E-state index in [1.54, 1.807) is 11.3 Å². The zero-order chi connectivity index (χ0) is 19.8. The van der Waals surface area contributed by atoms with Gasteiger partial charge in [-0.2, -0.15) is 0 Å². The zero-order valence-electron chi connectivity index (χ0n) is 16.7. The molecule has 2 amide bonds. The largest absolute Gasteiger partial charge is 0.349 e. The highest BCUT2D eigenvalue weighted by atomic mass is 32.1. The number of aryl methyl sites for hydroxylation is 1. The van der Waals surface area contributed by atoms with Gasteiger partial charge in [-0.05, 0) is 49.9 Å². The van der Waals surface area contributed by atoms with Crippen molar-refractivity contribution in [3.05, 3.63) is 33.6 Å². The lowest BCUT2D eigenvalue weighted by molar-refractivity contribution is -0.885. The zero-order valence-corrected chi connectivity index (χ0v) is 17.5. The molecule has 1 aromatic carbocycles. The second-order valence-corrected chi connectivity index (χ2v) is 9.07. The van der Waals surface area contributed by atoms with Crippen molar-refractivity contribution in [1.82, 2.24) is 10.3 Å². The fourth-order valence-electron chi connectivity index (χ4n) is 4.12. The van der Waals surface area contributed by atoms with Crippen LogP contribution in [0.5, 0.6) is 0 Å². The summed E-state index contributed by atoms with van der Waals surface area (Å²) in [6, 6.07) is 4.50. The summed E-state index contributed by atoms with van der Waals surface area (Å²) in [4.78, 5) is 32.1. The van der Waals surface area contributed by atoms with Crippen LogP contribution in [0.4, 0.5) is 5.69 Å². The average Bonchev–Trinajstić information content (AvgIpc) is 3.20. The second-order valence-electron chi connectivity index (χ2n) is 8.13. The Labute approximate surface area is 169 Å². The van der Waals surface area contributed by atoms with Crippen molar-refractivity contribution in [3.63, 3.8) is 0 Å². The third kappa shape index (κ3) is 3.82. The molecular formula is C21H27N4O2S+. The smallest absolute Gasteiger partial charge is 0.275 e. The molecule has 0 spiro atoms. The Balaban J connectivity index is 1.49. The van der Waals surface area contributed by atoms with Crippen molar-refractivity contribution in [2.45, 2.75) is 45.7 Å². The summed E-state index contributed by atoms with van der Waals surface area (Å²) in [7, 11) is 2.01. The molecule has 1 unspecified atom stereocenters. The van der Waals surface area contributed by atoms with Crippen LogP contribution in [0.3, 0.4) is 0 Å². The Morgan fingerprint density at radius 3 is 2.93 bits per heavy atom. The van der Waals surface area contributed by atoms with Crippen molar-refractivity contribution >= 4 is 28.8 Å². The molecule has 2 N–H and O–H groups in total. The molecule has 7 heteroatoms. The molecule has 0 bridgehead atoms. The van der Waals surface area contributed by atoms with Crippen molar-refractivity contribution < 1.29 is 14.5 Å². The predicted octanol–water partition coefficient (Wildman–Crippen LogP) is 1.18. The molecule has 2 aliphatic rings. The molecule has 0 fully saturated rings. The Morgan fingerprint density at radius 1 is 1.36 bits per heavy atom. The maximum Gasteiger partial charge on any atom is 0.275 e. The molecule has 28 heavy (non-hydrogen) atoms. The van der Waals surface area contributed by atoms with Gasteiger partial charge in [0.15, 0.2) is 6.54 Å². The standard InChI is InChI=1S/C21H26N4O2S/c1-13(2)22-18(26)10-24(3)11-19-23-17(12-28-19)15-7-14-5-4-6-25-20(27)9-16(8-15)21(14)25/h7-8,12-13H,4-6,9-11H2,1-3H3,(H,22,26)/p+1. The van der Waals surface area contributed by atoms with E-state index in [0.29, 0.717) is 13.0 Å². The normalized spacial score (nSPS) is 16.4. The number of carbonyl (C=O) groups excluding carboxylic acids is 2. The van der Waals surface area contributed by atoms with Crippen LogP contribution >= 0.6 is 11.3 Å². The molecule has 6 nitrogen and oxygen atoms in total. The first kappa shape index (κ1) is 19.1. The first-order valence-corrected chi connectivity index (χ1v) is 10.8. The highest BCUT2D eigenvalue weighted by Crippen LogP contribution is 2.39. The predicted molar refractivity (Wildman–Crippen MR) is 111 cm³/mol. The molecule has 0 radical (unpaired) electrons. The molecule has 0 saturated carbocycles. The van der Waals surface area contributed by atoms with Gasteiger partial charge in [0.1, 0.15) is 11.6 Å². The van der Waals surface area contributed by atoms with Gasteiger partial charge in [-0.25, -0.2) is 4.98 Å². The molecular weight excluding hydrogens is 372 g/mol. The van der Waals surface area contributed by atoms with E-state index < -0.39 is 0 Å². The van der Waals surface area contributed by atoms with Gasteiger partial charge in [0.25, 0.3) is 5.91 Å². The number of hydrogen-bond donors (Lipinski definition) is 2. The molecule has 148 valence electrons. The summed E-state index contributed by atoms with van der Waals surface area (Å²) in [5.74, 6) is 0.285. The van der Waals surface area contributed by atoms with Gasteiger partial charge in [0.2, 0.25) is 5.91 Å². The van der Waals surface area contributed by atoms with Crippen LogP contribution in [0.15, 0.2) is 17.5 Å². The quantitative estimate of drug-likeness (QED) is 0.767. The van der Waals surface area contributed by atoms with Gasteiger partial charge in [0, 0.05) is 23.5 Å². The maximum atomic E-state index is 12.3. The third-order valence-corrected chi connectivity index (χ3v) is 6.07. The number of nitrogens with zero attached hydrogens (tertiary/aromatic N) is 2. The number of amides is 2. The van der Waals surface area contributed by atoms with E-state index in [4.69, 9.17) is 4.98 Å². The molecule has 2 aliphatic heterocycles. The summed E-state index contributed by atoms with van der Waals surface area (Å²) in [5.41, 5.74) is 5.63. The fourth-order valence-corrected chi connectivity index (χ4v) is 5.04. The van der Waals surface area contributed by atoms with Gasteiger partial charge in [-0.3, -0.25) is 9.59 Å². The fraction of sp³-hybridized carbons (Fsp3) is 0.476. The first-order valence-electron chi connectivity index (χ1n) is 9.92. The summed E-state index contributed by atoms with van der Waals surface area (Å²) < 4.78 is 0. The van der Waals surface area contributed by atoms with E-state index in [9.17, 15) is 9.59 Å². The Hall–Kier alpha value is -2.25. The second kappa shape index (κ2) is 7.64. The van der Waals surface area contributed by atoms with E-state index in [1.165, 1.54) is 5.56 Å². The Bertz CT molecular complexity index is 921. The number of carbonyl (C=O) groups is 2. The van der Waals surface area contributed by atoms with Crippen LogP contribution in [0.1, 0.15) is 36.4 Å². The van der Waals surface area contributed by atoms with E-state index in [2.05, 4.69) is 22.8 Å². The van der Waals surface area contributed by atoms with Crippen LogP contribution in [-0.2, 0) is 29.0 Å². The lowest BCUT2D eigenvalue weighted by atomic mass is 9.96. The molecule has 1 aromatic heterocycles. The third-order valence-electron chi connectivity index (χ3n) is 5.22. The number of thiazole rings is 1.